The van der Waals surface area contributed by atoms with Crippen LogP contribution in [0.2, 0.25) is 5.02 Å². The summed E-state index contributed by atoms with van der Waals surface area (Å²) in [4.78, 5) is 6.98. The summed E-state index contributed by atoms with van der Waals surface area (Å²) in [5.74, 6) is 0. The Kier molecular flexibility index (Phi) is 2.41. The summed E-state index contributed by atoms with van der Waals surface area (Å²) in [6, 6.07) is 3.48. The SMILES string of the molecule is NCC(O)c1cc(Cl)c2nc[nH]c2c1. The molecule has 1 unspecified atom stereocenters. The zero-order chi connectivity index (χ0) is 10.1. The number of nitrogens with two attached hydrogens (primary N) is 1. The molecule has 1 heterocycles. The predicted molar refractivity (Wildman–Crippen MR) is 55.1 cm³/mol. The Bertz CT molecular complexity index is 454. The minimum atomic E-state index is -0.680. The molecule has 0 amide bonds. The van der Waals surface area contributed by atoms with Gasteiger partial charge in [-0.05, 0) is 17.7 Å². The Labute approximate surface area is 85.7 Å². The van der Waals surface area contributed by atoms with Crippen molar-refractivity contribution in [1.82, 2.24) is 9.97 Å². The van der Waals surface area contributed by atoms with Gasteiger partial charge in [0.2, 0.25) is 0 Å². The summed E-state index contributed by atoms with van der Waals surface area (Å²) in [6.07, 6.45) is 0.884. The smallest absolute Gasteiger partial charge is 0.107 e. The van der Waals surface area contributed by atoms with Gasteiger partial charge in [-0.25, -0.2) is 4.98 Å². The van der Waals surface area contributed by atoms with E-state index in [4.69, 9.17) is 17.3 Å². The zero-order valence-electron chi connectivity index (χ0n) is 7.37. The van der Waals surface area contributed by atoms with Gasteiger partial charge < -0.3 is 15.8 Å². The number of aliphatic hydroxyl groups excluding tert-OH is 1. The number of hydrogen-bond donors (Lipinski definition) is 3. The highest BCUT2D eigenvalue weighted by Crippen LogP contribution is 2.25. The number of hydrogen-bond acceptors (Lipinski definition) is 3. The Hall–Kier alpha value is -1.10. The fourth-order valence-corrected chi connectivity index (χ4v) is 1.63. The van der Waals surface area contributed by atoms with Crippen LogP contribution >= 0.6 is 11.6 Å². The number of imidazole rings is 1. The quantitative estimate of drug-likeness (QED) is 0.699. The van der Waals surface area contributed by atoms with Crippen molar-refractivity contribution in [2.45, 2.75) is 6.10 Å². The maximum Gasteiger partial charge on any atom is 0.107 e. The van der Waals surface area contributed by atoms with E-state index in [1.54, 1.807) is 18.5 Å². The maximum atomic E-state index is 9.53. The molecular formula is C9H10ClN3O. The van der Waals surface area contributed by atoms with E-state index >= 15 is 0 Å². The van der Waals surface area contributed by atoms with E-state index in [0.717, 1.165) is 5.52 Å². The second-order valence-electron chi connectivity index (χ2n) is 3.05. The van der Waals surface area contributed by atoms with Gasteiger partial charge in [-0.1, -0.05) is 11.6 Å². The number of nitrogens with zero attached hydrogens (tertiary/aromatic N) is 1. The first-order valence-corrected chi connectivity index (χ1v) is 4.61. The lowest BCUT2D eigenvalue weighted by molar-refractivity contribution is 0.187. The molecule has 0 bridgehead atoms. The third-order valence-corrected chi connectivity index (χ3v) is 2.40. The molecule has 0 saturated heterocycles. The second-order valence-corrected chi connectivity index (χ2v) is 3.46. The molecule has 14 heavy (non-hydrogen) atoms. The lowest BCUT2D eigenvalue weighted by Crippen LogP contribution is -2.11. The van der Waals surface area contributed by atoms with Gasteiger partial charge in [-0.15, -0.1) is 0 Å². The summed E-state index contributed by atoms with van der Waals surface area (Å²) in [7, 11) is 0. The lowest BCUT2D eigenvalue weighted by atomic mass is 10.1. The predicted octanol–water partition coefficient (Wildman–Crippen LogP) is 1.21. The molecule has 0 aliphatic carbocycles. The van der Waals surface area contributed by atoms with Crippen molar-refractivity contribution >= 4 is 22.6 Å². The average molecular weight is 212 g/mol. The highest BCUT2D eigenvalue weighted by Gasteiger charge is 2.09. The van der Waals surface area contributed by atoms with Gasteiger partial charge >= 0.3 is 0 Å². The monoisotopic (exact) mass is 211 g/mol. The minimum Gasteiger partial charge on any atom is -0.387 e. The van der Waals surface area contributed by atoms with E-state index in [2.05, 4.69) is 9.97 Å². The average Bonchev–Trinajstić information content (AvgIpc) is 2.64. The molecule has 0 aliphatic heterocycles. The van der Waals surface area contributed by atoms with Gasteiger partial charge in [0, 0.05) is 6.54 Å². The van der Waals surface area contributed by atoms with Gasteiger partial charge in [0.1, 0.15) is 5.52 Å². The van der Waals surface area contributed by atoms with Crippen molar-refractivity contribution in [2.75, 3.05) is 6.54 Å². The van der Waals surface area contributed by atoms with Crippen molar-refractivity contribution in [3.05, 3.63) is 29.0 Å². The molecular weight excluding hydrogens is 202 g/mol. The first-order chi connectivity index (χ1) is 6.72. The molecule has 4 nitrogen and oxygen atoms in total. The molecule has 1 aromatic carbocycles. The van der Waals surface area contributed by atoms with Crippen LogP contribution in [0.5, 0.6) is 0 Å². The number of H-pyrrole nitrogens is 1. The minimum absolute atomic E-state index is 0.177. The summed E-state index contributed by atoms with van der Waals surface area (Å²) in [5.41, 5.74) is 7.57. The Balaban J connectivity index is 2.58. The van der Waals surface area contributed by atoms with E-state index < -0.39 is 6.10 Å². The molecule has 1 aromatic heterocycles. The van der Waals surface area contributed by atoms with Crippen LogP contribution < -0.4 is 5.73 Å². The largest absolute Gasteiger partial charge is 0.387 e. The molecule has 4 N–H and O–H groups in total. The molecule has 2 aromatic rings. The first kappa shape index (κ1) is 9.45. The van der Waals surface area contributed by atoms with Crippen LogP contribution in [-0.4, -0.2) is 21.6 Å². The molecule has 74 valence electrons. The van der Waals surface area contributed by atoms with Crippen molar-refractivity contribution in [3.8, 4) is 0 Å². The van der Waals surface area contributed by atoms with E-state index in [-0.39, 0.29) is 6.54 Å². The number of aliphatic hydroxyl groups is 1. The van der Waals surface area contributed by atoms with Crippen LogP contribution in [0.3, 0.4) is 0 Å². The fourth-order valence-electron chi connectivity index (χ4n) is 1.36. The van der Waals surface area contributed by atoms with Crippen molar-refractivity contribution < 1.29 is 5.11 Å². The molecule has 0 saturated carbocycles. The summed E-state index contributed by atoms with van der Waals surface area (Å²) in [5, 5.41) is 10.1. The number of fused-ring (bicyclic) bond motifs is 1. The highest BCUT2D eigenvalue weighted by atomic mass is 35.5. The molecule has 1 atom stereocenters. The fraction of sp³-hybridized carbons (Fsp3) is 0.222. The Morgan fingerprint density at radius 1 is 1.57 bits per heavy atom. The molecule has 0 spiro atoms. The summed E-state index contributed by atoms with van der Waals surface area (Å²) >= 11 is 5.97. The molecule has 0 radical (unpaired) electrons. The molecule has 0 aliphatic rings. The van der Waals surface area contributed by atoms with Gasteiger partial charge in [0.25, 0.3) is 0 Å². The normalized spacial score (nSPS) is 13.4. The summed E-state index contributed by atoms with van der Waals surface area (Å²) < 4.78 is 0. The van der Waals surface area contributed by atoms with E-state index in [9.17, 15) is 5.11 Å². The van der Waals surface area contributed by atoms with Gasteiger partial charge in [-0.3, -0.25) is 0 Å². The highest BCUT2D eigenvalue weighted by molar-refractivity contribution is 6.35. The Morgan fingerprint density at radius 3 is 3.07 bits per heavy atom. The third-order valence-electron chi connectivity index (χ3n) is 2.11. The topological polar surface area (TPSA) is 74.9 Å². The molecule has 0 fully saturated rings. The number of benzene rings is 1. The third kappa shape index (κ3) is 1.48. The lowest BCUT2D eigenvalue weighted by Gasteiger charge is -2.08. The number of aromatic nitrogens is 2. The number of aromatic amines is 1. The summed E-state index contributed by atoms with van der Waals surface area (Å²) in [6.45, 7) is 0.177. The van der Waals surface area contributed by atoms with Gasteiger partial charge in [0.05, 0.1) is 23.0 Å². The van der Waals surface area contributed by atoms with Gasteiger partial charge in [0.15, 0.2) is 0 Å². The number of rotatable bonds is 2. The number of halogens is 1. The zero-order valence-corrected chi connectivity index (χ0v) is 8.12. The van der Waals surface area contributed by atoms with E-state index in [1.165, 1.54) is 0 Å². The van der Waals surface area contributed by atoms with E-state index in [0.29, 0.717) is 16.1 Å². The van der Waals surface area contributed by atoms with Crippen molar-refractivity contribution in [3.63, 3.8) is 0 Å². The van der Waals surface area contributed by atoms with Crippen LogP contribution in [0.4, 0.5) is 0 Å². The maximum absolute atomic E-state index is 9.53. The van der Waals surface area contributed by atoms with Crippen LogP contribution in [0.1, 0.15) is 11.7 Å². The van der Waals surface area contributed by atoms with E-state index in [1.807, 2.05) is 0 Å². The second kappa shape index (κ2) is 3.57. The van der Waals surface area contributed by atoms with Crippen molar-refractivity contribution in [1.29, 1.82) is 0 Å². The van der Waals surface area contributed by atoms with Crippen LogP contribution in [0.15, 0.2) is 18.5 Å². The Morgan fingerprint density at radius 2 is 2.36 bits per heavy atom. The molecule has 5 heteroatoms. The number of nitrogens with one attached hydrogen (secondary N) is 1. The van der Waals surface area contributed by atoms with Gasteiger partial charge in [-0.2, -0.15) is 0 Å². The van der Waals surface area contributed by atoms with Crippen molar-refractivity contribution in [2.24, 2.45) is 5.73 Å². The standard InChI is InChI=1S/C9H10ClN3O/c10-6-1-5(8(14)3-11)2-7-9(6)13-4-12-7/h1-2,4,8,14H,3,11H2,(H,12,13). The van der Waals surface area contributed by atoms with Crippen LogP contribution in [0.25, 0.3) is 11.0 Å². The van der Waals surface area contributed by atoms with Crippen LogP contribution in [-0.2, 0) is 0 Å². The first-order valence-electron chi connectivity index (χ1n) is 4.23. The van der Waals surface area contributed by atoms with Crippen LogP contribution in [0, 0.1) is 0 Å². The molecule has 2 rings (SSSR count).